The fourth-order valence-electron chi connectivity index (χ4n) is 4.47. The SMILES string of the molecule is CCOc1ccc(-c2nc3c(c(SCC(=O)N(CC)CC)n2)Cc2c(ccc4ccccc24)O3)cc1. The van der Waals surface area contributed by atoms with Crippen molar-refractivity contribution in [3.05, 3.63) is 71.8 Å². The molecule has 0 bridgehead atoms. The van der Waals surface area contributed by atoms with Crippen LogP contribution in [-0.2, 0) is 11.2 Å². The number of nitrogens with zero attached hydrogens (tertiary/aromatic N) is 3. The molecule has 2 heterocycles. The Kier molecular flexibility index (Phi) is 7.09. The summed E-state index contributed by atoms with van der Waals surface area (Å²) in [5, 5.41) is 3.11. The molecule has 184 valence electrons. The van der Waals surface area contributed by atoms with Crippen LogP contribution in [0.4, 0.5) is 0 Å². The Morgan fingerprint density at radius 1 is 0.972 bits per heavy atom. The molecule has 4 aromatic rings. The van der Waals surface area contributed by atoms with E-state index in [0.29, 0.717) is 43.6 Å². The van der Waals surface area contributed by atoms with Crippen molar-refractivity contribution < 1.29 is 14.3 Å². The van der Waals surface area contributed by atoms with Gasteiger partial charge in [0.05, 0.1) is 17.9 Å². The van der Waals surface area contributed by atoms with Gasteiger partial charge in [0.15, 0.2) is 5.82 Å². The van der Waals surface area contributed by atoms with Crippen LogP contribution in [-0.4, -0.2) is 46.2 Å². The highest BCUT2D eigenvalue weighted by Gasteiger charge is 2.26. The molecule has 0 spiro atoms. The lowest BCUT2D eigenvalue weighted by Gasteiger charge is -2.23. The standard InChI is InChI=1S/C29H29N3O3S/c1-4-32(5-2)26(33)18-36-29-24-17-23-22-10-8-7-9-19(22)13-16-25(23)35-28(24)30-27(31-29)20-11-14-21(15-12-20)34-6-3/h7-16H,4-6,17-18H2,1-3H3. The summed E-state index contributed by atoms with van der Waals surface area (Å²) in [6.07, 6.45) is 0.650. The Morgan fingerprint density at radius 3 is 2.50 bits per heavy atom. The lowest BCUT2D eigenvalue weighted by molar-refractivity contribution is -0.127. The van der Waals surface area contributed by atoms with Gasteiger partial charge in [-0.1, -0.05) is 42.1 Å². The molecule has 36 heavy (non-hydrogen) atoms. The quantitative estimate of drug-likeness (QED) is 0.183. The fraction of sp³-hybridized carbons (Fsp3) is 0.276. The third-order valence-corrected chi connectivity index (χ3v) is 7.36. The van der Waals surface area contributed by atoms with Crippen molar-refractivity contribution in [3.8, 4) is 28.8 Å². The van der Waals surface area contributed by atoms with Gasteiger partial charge in [0, 0.05) is 30.6 Å². The van der Waals surface area contributed by atoms with Crippen molar-refractivity contribution >= 4 is 28.4 Å². The molecule has 3 aromatic carbocycles. The average Bonchev–Trinajstić information content (AvgIpc) is 2.91. The van der Waals surface area contributed by atoms with E-state index in [-0.39, 0.29) is 5.91 Å². The molecular formula is C29H29N3O3S. The molecule has 1 amide bonds. The number of ether oxygens (including phenoxy) is 2. The van der Waals surface area contributed by atoms with E-state index in [4.69, 9.17) is 19.4 Å². The zero-order valence-electron chi connectivity index (χ0n) is 20.8. The second-order valence-electron chi connectivity index (χ2n) is 8.49. The van der Waals surface area contributed by atoms with Crippen LogP contribution >= 0.6 is 11.8 Å². The van der Waals surface area contributed by atoms with Gasteiger partial charge >= 0.3 is 0 Å². The Morgan fingerprint density at radius 2 is 1.75 bits per heavy atom. The largest absolute Gasteiger partial charge is 0.494 e. The highest BCUT2D eigenvalue weighted by atomic mass is 32.2. The third-order valence-electron chi connectivity index (χ3n) is 6.36. The average molecular weight is 500 g/mol. The molecule has 6 nitrogen and oxygen atoms in total. The van der Waals surface area contributed by atoms with Gasteiger partial charge in [0.1, 0.15) is 16.5 Å². The normalized spacial score (nSPS) is 12.0. The number of aromatic nitrogens is 2. The third kappa shape index (κ3) is 4.75. The predicted octanol–water partition coefficient (Wildman–Crippen LogP) is 6.35. The highest BCUT2D eigenvalue weighted by Crippen LogP contribution is 2.43. The second kappa shape index (κ2) is 10.6. The molecule has 0 atom stereocenters. The molecule has 0 saturated carbocycles. The molecule has 0 aliphatic carbocycles. The first-order chi connectivity index (χ1) is 17.6. The lowest BCUT2D eigenvalue weighted by Crippen LogP contribution is -2.31. The fourth-order valence-corrected chi connectivity index (χ4v) is 5.39. The van der Waals surface area contributed by atoms with Crippen molar-refractivity contribution in [2.24, 2.45) is 0 Å². The first kappa shape index (κ1) is 24.1. The van der Waals surface area contributed by atoms with E-state index in [0.717, 1.165) is 38.6 Å². The van der Waals surface area contributed by atoms with Crippen LogP contribution in [0.5, 0.6) is 17.4 Å². The van der Waals surface area contributed by atoms with E-state index in [2.05, 4.69) is 18.2 Å². The number of amides is 1. The Hall–Kier alpha value is -3.58. The minimum atomic E-state index is 0.0996. The Labute approximate surface area is 215 Å². The van der Waals surface area contributed by atoms with Gasteiger partial charge in [-0.2, -0.15) is 4.98 Å². The molecule has 1 aliphatic heterocycles. The van der Waals surface area contributed by atoms with Gasteiger partial charge in [0.2, 0.25) is 11.8 Å². The zero-order chi connectivity index (χ0) is 25.1. The maximum Gasteiger partial charge on any atom is 0.232 e. The van der Waals surface area contributed by atoms with Gasteiger partial charge in [0.25, 0.3) is 0 Å². The van der Waals surface area contributed by atoms with Gasteiger partial charge < -0.3 is 14.4 Å². The van der Waals surface area contributed by atoms with Crippen LogP contribution in [0.25, 0.3) is 22.2 Å². The first-order valence-electron chi connectivity index (χ1n) is 12.3. The smallest absolute Gasteiger partial charge is 0.232 e. The summed E-state index contributed by atoms with van der Waals surface area (Å²) in [5.41, 5.74) is 2.91. The minimum absolute atomic E-state index is 0.0996. The monoisotopic (exact) mass is 499 g/mol. The number of hydrogen-bond donors (Lipinski definition) is 0. The molecular weight excluding hydrogens is 470 g/mol. The summed E-state index contributed by atoms with van der Waals surface area (Å²) in [6, 6.07) is 20.1. The second-order valence-corrected chi connectivity index (χ2v) is 9.45. The van der Waals surface area contributed by atoms with Crippen molar-refractivity contribution in [2.75, 3.05) is 25.4 Å². The van der Waals surface area contributed by atoms with Crippen LogP contribution in [0.1, 0.15) is 31.9 Å². The molecule has 5 rings (SSSR count). The van der Waals surface area contributed by atoms with Crippen LogP contribution in [0.2, 0.25) is 0 Å². The van der Waals surface area contributed by atoms with Crippen molar-refractivity contribution in [2.45, 2.75) is 32.2 Å². The maximum atomic E-state index is 12.8. The van der Waals surface area contributed by atoms with E-state index in [1.807, 2.05) is 68.1 Å². The number of hydrogen-bond acceptors (Lipinski definition) is 6. The predicted molar refractivity (Wildman–Crippen MR) is 144 cm³/mol. The molecule has 1 aliphatic rings. The Balaban J connectivity index is 1.55. The van der Waals surface area contributed by atoms with Gasteiger partial charge in [-0.05, 0) is 61.9 Å². The van der Waals surface area contributed by atoms with E-state index >= 15 is 0 Å². The van der Waals surface area contributed by atoms with Crippen molar-refractivity contribution in [1.29, 1.82) is 0 Å². The number of benzene rings is 3. The summed E-state index contributed by atoms with van der Waals surface area (Å²) in [6.45, 7) is 7.95. The summed E-state index contributed by atoms with van der Waals surface area (Å²) in [7, 11) is 0. The van der Waals surface area contributed by atoms with E-state index < -0.39 is 0 Å². The zero-order valence-corrected chi connectivity index (χ0v) is 21.6. The van der Waals surface area contributed by atoms with Crippen LogP contribution < -0.4 is 9.47 Å². The summed E-state index contributed by atoms with van der Waals surface area (Å²) < 4.78 is 11.9. The summed E-state index contributed by atoms with van der Waals surface area (Å²) >= 11 is 1.46. The minimum Gasteiger partial charge on any atom is -0.494 e. The topological polar surface area (TPSA) is 64.5 Å². The molecule has 0 N–H and O–H groups in total. The van der Waals surface area contributed by atoms with E-state index in [9.17, 15) is 4.79 Å². The van der Waals surface area contributed by atoms with E-state index in [1.54, 1.807) is 0 Å². The molecule has 0 fully saturated rings. The first-order valence-corrected chi connectivity index (χ1v) is 13.3. The maximum absolute atomic E-state index is 12.8. The molecule has 7 heteroatoms. The van der Waals surface area contributed by atoms with Crippen LogP contribution in [0, 0.1) is 0 Å². The number of thioether (sulfide) groups is 1. The van der Waals surface area contributed by atoms with Crippen LogP contribution in [0.3, 0.4) is 0 Å². The van der Waals surface area contributed by atoms with Crippen LogP contribution in [0.15, 0.2) is 65.7 Å². The summed E-state index contributed by atoms with van der Waals surface area (Å²) in [4.78, 5) is 24.4. The highest BCUT2D eigenvalue weighted by molar-refractivity contribution is 7.99. The van der Waals surface area contributed by atoms with Crippen molar-refractivity contribution in [3.63, 3.8) is 0 Å². The Bertz CT molecular complexity index is 1400. The van der Waals surface area contributed by atoms with Gasteiger partial charge in [-0.15, -0.1) is 0 Å². The van der Waals surface area contributed by atoms with E-state index in [1.165, 1.54) is 17.1 Å². The number of fused-ring (bicyclic) bond motifs is 4. The molecule has 1 aromatic heterocycles. The number of rotatable bonds is 8. The number of carbonyl (C=O) groups is 1. The molecule has 0 unspecified atom stereocenters. The number of carbonyl (C=O) groups excluding carboxylic acids is 1. The lowest BCUT2D eigenvalue weighted by atomic mass is 9.97. The molecule has 0 saturated heterocycles. The van der Waals surface area contributed by atoms with Crippen molar-refractivity contribution in [1.82, 2.24) is 14.9 Å². The van der Waals surface area contributed by atoms with Gasteiger partial charge in [-0.25, -0.2) is 4.98 Å². The van der Waals surface area contributed by atoms with Gasteiger partial charge in [-0.3, -0.25) is 4.79 Å². The summed E-state index contributed by atoms with van der Waals surface area (Å²) in [5.74, 6) is 3.15. The molecule has 0 radical (unpaired) electrons.